The number of rotatable bonds is 5. The first kappa shape index (κ1) is 22.7. The van der Waals surface area contributed by atoms with Crippen molar-refractivity contribution in [2.75, 3.05) is 5.32 Å². The minimum Gasteiger partial charge on any atom is -0.353 e. The van der Waals surface area contributed by atoms with Gasteiger partial charge >= 0.3 is 0 Å². The molecule has 0 aliphatic heterocycles. The number of carbonyl (C=O) groups is 1. The van der Waals surface area contributed by atoms with Gasteiger partial charge in [0.2, 0.25) is 5.91 Å². The van der Waals surface area contributed by atoms with Crippen molar-refractivity contribution in [3.63, 3.8) is 0 Å². The van der Waals surface area contributed by atoms with E-state index in [9.17, 15) is 9.18 Å². The molecule has 0 radical (unpaired) electrons. The third-order valence-electron chi connectivity index (χ3n) is 6.51. The monoisotopic (exact) mass is 489 g/mol. The van der Waals surface area contributed by atoms with Crippen molar-refractivity contribution < 1.29 is 9.18 Å². The Morgan fingerprint density at radius 1 is 0.919 bits per heavy atom. The Hall–Kier alpha value is -4.78. The highest BCUT2D eigenvalue weighted by molar-refractivity contribution is 6.02. The Morgan fingerprint density at radius 3 is 2.65 bits per heavy atom. The van der Waals surface area contributed by atoms with Crippen LogP contribution in [-0.4, -0.2) is 26.1 Å². The Morgan fingerprint density at radius 2 is 1.81 bits per heavy atom. The van der Waals surface area contributed by atoms with E-state index in [2.05, 4.69) is 37.6 Å². The first-order valence-electron chi connectivity index (χ1n) is 12.1. The van der Waals surface area contributed by atoms with Gasteiger partial charge in [-0.2, -0.15) is 5.10 Å². The summed E-state index contributed by atoms with van der Waals surface area (Å²) < 4.78 is 14.2. The lowest BCUT2D eigenvalue weighted by molar-refractivity contribution is -0.115. The largest absolute Gasteiger partial charge is 0.353 e. The van der Waals surface area contributed by atoms with E-state index in [0.717, 1.165) is 61.0 Å². The van der Waals surface area contributed by atoms with Crippen LogP contribution < -0.4 is 5.32 Å². The van der Waals surface area contributed by atoms with Crippen molar-refractivity contribution in [1.82, 2.24) is 20.2 Å². The number of aromatic nitrogens is 4. The maximum Gasteiger partial charge on any atom is 0.224 e. The molecule has 3 aromatic heterocycles. The number of hydrogen-bond donors (Lipinski definition) is 3. The molecule has 6 nitrogen and oxygen atoms in total. The highest BCUT2D eigenvalue weighted by atomic mass is 19.1. The van der Waals surface area contributed by atoms with Gasteiger partial charge in [-0.1, -0.05) is 31.2 Å². The zero-order valence-electron chi connectivity index (χ0n) is 20.4. The number of amides is 1. The number of pyridine rings is 1. The third kappa shape index (κ3) is 4.25. The predicted octanol–water partition coefficient (Wildman–Crippen LogP) is 7.24. The lowest BCUT2D eigenvalue weighted by Gasteiger charge is -2.07. The Balaban J connectivity index is 1.43. The predicted molar refractivity (Wildman–Crippen MR) is 146 cm³/mol. The van der Waals surface area contributed by atoms with E-state index >= 15 is 0 Å². The summed E-state index contributed by atoms with van der Waals surface area (Å²) in [6.07, 6.45) is 3.82. The second-order valence-electron chi connectivity index (χ2n) is 9.16. The minimum atomic E-state index is -0.249. The number of H-pyrrole nitrogens is 2. The summed E-state index contributed by atoms with van der Waals surface area (Å²) in [5.41, 5.74) is 8.69. The molecule has 1 amide bonds. The van der Waals surface area contributed by atoms with Gasteiger partial charge in [-0.15, -0.1) is 0 Å². The number of benzene rings is 3. The molecule has 7 heteroatoms. The van der Waals surface area contributed by atoms with Gasteiger partial charge in [0.15, 0.2) is 0 Å². The number of halogens is 1. The summed E-state index contributed by atoms with van der Waals surface area (Å²) in [7, 11) is 0. The molecule has 0 aliphatic rings. The standard InChI is InChI=1S/C30H24FN5O/c1-3-29(37)33-22-12-20(15-32-16-22)18-7-8-27-25(13-18)30(36-35-27)28-14-24-23(5-4-6-26(24)34-28)19-9-17(2)10-21(31)11-19/h4-16,34H,3H2,1-2H3,(H,33,37)(H,35,36). The third-order valence-corrected chi connectivity index (χ3v) is 6.51. The van der Waals surface area contributed by atoms with E-state index in [1.54, 1.807) is 18.5 Å². The fourth-order valence-electron chi connectivity index (χ4n) is 4.74. The normalized spacial score (nSPS) is 11.3. The fraction of sp³-hybridized carbons (Fsp3) is 0.100. The van der Waals surface area contributed by atoms with Crippen LogP contribution in [0.5, 0.6) is 0 Å². The summed E-state index contributed by atoms with van der Waals surface area (Å²) >= 11 is 0. The van der Waals surface area contributed by atoms with Crippen LogP contribution in [0.1, 0.15) is 18.9 Å². The number of aromatic amines is 2. The van der Waals surface area contributed by atoms with Crippen LogP contribution in [0.15, 0.2) is 79.1 Å². The van der Waals surface area contributed by atoms with Crippen molar-refractivity contribution in [2.45, 2.75) is 20.3 Å². The second kappa shape index (κ2) is 9.02. The lowest BCUT2D eigenvalue weighted by atomic mass is 9.99. The highest BCUT2D eigenvalue weighted by Crippen LogP contribution is 2.36. The van der Waals surface area contributed by atoms with E-state index in [-0.39, 0.29) is 11.7 Å². The first-order chi connectivity index (χ1) is 18.0. The second-order valence-corrected chi connectivity index (χ2v) is 9.16. The molecular formula is C30H24FN5O. The highest BCUT2D eigenvalue weighted by Gasteiger charge is 2.15. The topological polar surface area (TPSA) is 86.5 Å². The minimum absolute atomic E-state index is 0.0573. The van der Waals surface area contributed by atoms with Crippen LogP contribution in [0, 0.1) is 12.7 Å². The summed E-state index contributed by atoms with van der Waals surface area (Å²) in [5, 5.41) is 12.5. The number of nitrogens with one attached hydrogen (secondary N) is 3. The Kier molecular flexibility index (Phi) is 5.53. The molecular weight excluding hydrogens is 465 g/mol. The molecule has 6 aromatic rings. The number of aryl methyl sites for hydroxylation is 1. The van der Waals surface area contributed by atoms with Gasteiger partial charge in [-0.25, -0.2) is 4.39 Å². The SMILES string of the molecule is CCC(=O)Nc1cncc(-c2ccc3[nH]nc(-c4cc5c(-c6cc(C)cc(F)c6)cccc5[nH]4)c3c2)c1. The summed E-state index contributed by atoms with van der Waals surface area (Å²) in [5.74, 6) is -0.306. The zero-order valence-corrected chi connectivity index (χ0v) is 20.4. The molecule has 0 atom stereocenters. The summed E-state index contributed by atoms with van der Waals surface area (Å²) in [6, 6.07) is 21.1. The van der Waals surface area contributed by atoms with Crippen molar-refractivity contribution >= 4 is 33.4 Å². The number of anilines is 1. The fourth-order valence-corrected chi connectivity index (χ4v) is 4.74. The number of fused-ring (bicyclic) bond motifs is 2. The van der Waals surface area contributed by atoms with E-state index in [1.807, 2.05) is 56.3 Å². The molecule has 0 spiro atoms. The van der Waals surface area contributed by atoms with Crippen LogP contribution in [0.3, 0.4) is 0 Å². The number of carbonyl (C=O) groups excluding carboxylic acids is 1. The maximum atomic E-state index is 14.2. The van der Waals surface area contributed by atoms with Gasteiger partial charge in [-0.05, 0) is 71.6 Å². The van der Waals surface area contributed by atoms with Crippen molar-refractivity contribution in [3.8, 4) is 33.6 Å². The van der Waals surface area contributed by atoms with E-state index < -0.39 is 0 Å². The number of nitrogens with zero attached hydrogens (tertiary/aromatic N) is 2. The molecule has 3 aromatic carbocycles. The zero-order chi connectivity index (χ0) is 25.5. The molecule has 0 fully saturated rings. The number of hydrogen-bond acceptors (Lipinski definition) is 3. The Labute approximate surface area is 212 Å². The average Bonchev–Trinajstić information content (AvgIpc) is 3.51. The van der Waals surface area contributed by atoms with Crippen molar-refractivity contribution in [3.05, 3.63) is 90.5 Å². The van der Waals surface area contributed by atoms with Crippen LogP contribution in [0.2, 0.25) is 0 Å². The molecule has 0 saturated heterocycles. The average molecular weight is 490 g/mol. The van der Waals surface area contributed by atoms with Crippen molar-refractivity contribution in [1.29, 1.82) is 0 Å². The van der Waals surface area contributed by atoms with E-state index in [0.29, 0.717) is 12.1 Å². The molecule has 0 unspecified atom stereocenters. The van der Waals surface area contributed by atoms with Gasteiger partial charge in [-0.3, -0.25) is 14.9 Å². The van der Waals surface area contributed by atoms with E-state index in [1.165, 1.54) is 6.07 Å². The van der Waals surface area contributed by atoms with Gasteiger partial charge in [0.25, 0.3) is 0 Å². The molecule has 0 bridgehead atoms. The quantitative estimate of drug-likeness (QED) is 0.239. The van der Waals surface area contributed by atoms with Crippen LogP contribution >= 0.6 is 0 Å². The maximum absolute atomic E-state index is 14.2. The van der Waals surface area contributed by atoms with Crippen LogP contribution in [-0.2, 0) is 4.79 Å². The lowest BCUT2D eigenvalue weighted by Crippen LogP contribution is -2.09. The first-order valence-corrected chi connectivity index (χ1v) is 12.1. The van der Waals surface area contributed by atoms with Gasteiger partial charge in [0.1, 0.15) is 11.5 Å². The van der Waals surface area contributed by atoms with E-state index in [4.69, 9.17) is 0 Å². The van der Waals surface area contributed by atoms with Crippen molar-refractivity contribution in [2.24, 2.45) is 0 Å². The Bertz CT molecular complexity index is 1780. The molecule has 0 saturated carbocycles. The molecule has 182 valence electrons. The van der Waals surface area contributed by atoms with Gasteiger partial charge in [0.05, 0.1) is 23.1 Å². The van der Waals surface area contributed by atoms with Gasteiger partial charge in [0, 0.05) is 34.5 Å². The molecule has 0 aliphatic carbocycles. The summed E-state index contributed by atoms with van der Waals surface area (Å²) in [4.78, 5) is 19.6. The molecule has 3 heterocycles. The molecule has 3 N–H and O–H groups in total. The van der Waals surface area contributed by atoms with Gasteiger partial charge < -0.3 is 10.3 Å². The molecule has 6 rings (SSSR count). The smallest absolute Gasteiger partial charge is 0.224 e. The van der Waals surface area contributed by atoms with Crippen LogP contribution in [0.4, 0.5) is 10.1 Å². The summed E-state index contributed by atoms with van der Waals surface area (Å²) in [6.45, 7) is 3.71. The molecule has 37 heavy (non-hydrogen) atoms. The van der Waals surface area contributed by atoms with Crippen LogP contribution in [0.25, 0.3) is 55.4 Å².